The number of anilines is 2. The molecule has 0 aliphatic carbocycles. The van der Waals surface area contributed by atoms with Crippen molar-refractivity contribution >= 4 is 28.9 Å². The van der Waals surface area contributed by atoms with Gasteiger partial charge >= 0.3 is 6.09 Å². The van der Waals surface area contributed by atoms with E-state index >= 15 is 0 Å². The maximum Gasteiger partial charge on any atom is 0.410 e. The highest BCUT2D eigenvalue weighted by molar-refractivity contribution is 5.79. The smallest absolute Gasteiger partial charge is 0.410 e. The molecule has 0 saturated heterocycles. The van der Waals surface area contributed by atoms with Crippen molar-refractivity contribution in [2.75, 3.05) is 32.1 Å². The number of nitrogens with one attached hydrogen (secondary N) is 1. The van der Waals surface area contributed by atoms with Crippen LogP contribution in [0.25, 0.3) is 11.2 Å². The summed E-state index contributed by atoms with van der Waals surface area (Å²) in [6, 6.07) is 15.4. The predicted octanol–water partition coefficient (Wildman–Crippen LogP) is 4.24. The van der Waals surface area contributed by atoms with Crippen molar-refractivity contribution in [3.05, 3.63) is 89.9 Å². The number of benzene rings is 1. The van der Waals surface area contributed by atoms with Gasteiger partial charge in [0.2, 0.25) is 5.95 Å². The van der Waals surface area contributed by atoms with Gasteiger partial charge in [-0.15, -0.1) is 5.10 Å². The Morgan fingerprint density at radius 2 is 1.97 bits per heavy atom. The Hall–Kier alpha value is -4.28. The van der Waals surface area contributed by atoms with Crippen molar-refractivity contribution in [1.82, 2.24) is 29.4 Å². The lowest BCUT2D eigenvalue weighted by atomic mass is 10.0. The average molecular weight is 514 g/mol. The van der Waals surface area contributed by atoms with Crippen LogP contribution in [0.15, 0.2) is 73.2 Å². The van der Waals surface area contributed by atoms with E-state index in [1.807, 2.05) is 79.7 Å². The molecule has 10 heteroatoms. The van der Waals surface area contributed by atoms with Crippen molar-refractivity contribution in [3.8, 4) is 0 Å². The molecule has 1 amide bonds. The number of carbonyl (C=O) groups excluding carboxylic acids is 1. The first-order chi connectivity index (χ1) is 18.5. The summed E-state index contributed by atoms with van der Waals surface area (Å²) in [5.74, 6) is 0.477. The second kappa shape index (κ2) is 11.4. The van der Waals surface area contributed by atoms with Crippen LogP contribution in [0.1, 0.15) is 36.3 Å². The topological polar surface area (TPSA) is 108 Å². The van der Waals surface area contributed by atoms with Crippen LogP contribution in [0.5, 0.6) is 0 Å². The molecule has 0 bridgehead atoms. The lowest BCUT2D eigenvalue weighted by molar-refractivity contribution is 0.0152. The van der Waals surface area contributed by atoms with Crippen LogP contribution in [0, 0.1) is 0 Å². The molecular formula is C28H31N7O3. The summed E-state index contributed by atoms with van der Waals surface area (Å²) in [7, 11) is 1.88. The lowest BCUT2D eigenvalue weighted by Crippen LogP contribution is -2.35. The SMILES string of the molecule is CCOC(=O)N1CC=C(c2cccn3nc(Nc4ccc(C(O)N(C)Cc5ccncc5)cc4)nc23)CC1. The fraction of sp³-hybridized carbons (Fsp3) is 0.286. The molecule has 4 aromatic rings. The summed E-state index contributed by atoms with van der Waals surface area (Å²) in [5, 5.41) is 18.6. The third kappa shape index (κ3) is 5.66. The third-order valence-electron chi connectivity index (χ3n) is 6.51. The first kappa shape index (κ1) is 25.4. The van der Waals surface area contributed by atoms with Crippen LogP contribution in [-0.4, -0.2) is 67.3 Å². The molecule has 0 spiro atoms. The van der Waals surface area contributed by atoms with Crippen molar-refractivity contribution in [1.29, 1.82) is 0 Å². The van der Waals surface area contributed by atoms with Gasteiger partial charge in [0.05, 0.1) is 6.61 Å². The van der Waals surface area contributed by atoms with Gasteiger partial charge in [-0.3, -0.25) is 9.88 Å². The van der Waals surface area contributed by atoms with Gasteiger partial charge < -0.3 is 20.1 Å². The fourth-order valence-corrected chi connectivity index (χ4v) is 4.49. The molecule has 1 unspecified atom stereocenters. The molecule has 0 radical (unpaired) electrons. The Morgan fingerprint density at radius 3 is 2.68 bits per heavy atom. The standard InChI is InChI=1S/C28H31N7O3/c1-3-38-28(37)34-17-12-21(13-18-34)24-5-4-16-35-25(24)31-27(32-35)30-23-8-6-22(7-9-23)26(36)33(2)19-20-10-14-29-15-11-20/h4-12,14-16,26,36H,3,13,17-19H2,1-2H3,(H,30,32). The number of pyridine rings is 2. The maximum atomic E-state index is 12.0. The number of rotatable bonds is 8. The molecule has 196 valence electrons. The Morgan fingerprint density at radius 1 is 1.18 bits per heavy atom. The Bertz CT molecular complexity index is 1420. The number of hydrogen-bond acceptors (Lipinski definition) is 8. The van der Waals surface area contributed by atoms with Gasteiger partial charge in [-0.2, -0.15) is 4.98 Å². The van der Waals surface area contributed by atoms with Crippen molar-refractivity contribution in [3.63, 3.8) is 0 Å². The van der Waals surface area contributed by atoms with Crippen LogP contribution in [0.3, 0.4) is 0 Å². The fourth-order valence-electron chi connectivity index (χ4n) is 4.49. The Balaban J connectivity index is 1.27. The summed E-state index contributed by atoms with van der Waals surface area (Å²) in [4.78, 5) is 24.4. The summed E-state index contributed by atoms with van der Waals surface area (Å²) in [5.41, 5.74) is 5.56. The second-order valence-electron chi connectivity index (χ2n) is 9.14. The van der Waals surface area contributed by atoms with Crippen LogP contribution < -0.4 is 5.32 Å². The number of nitrogens with zero attached hydrogens (tertiary/aromatic N) is 6. The van der Waals surface area contributed by atoms with Crippen LogP contribution >= 0.6 is 0 Å². The quantitative estimate of drug-likeness (QED) is 0.337. The summed E-state index contributed by atoms with van der Waals surface area (Å²) in [6.45, 7) is 3.88. The maximum absolute atomic E-state index is 12.0. The van der Waals surface area contributed by atoms with Gasteiger partial charge in [0.25, 0.3) is 0 Å². The molecule has 2 N–H and O–H groups in total. The molecule has 0 saturated carbocycles. The van der Waals surface area contributed by atoms with Gasteiger partial charge in [-0.25, -0.2) is 9.31 Å². The number of aliphatic hydroxyl groups is 1. The largest absolute Gasteiger partial charge is 0.450 e. The van der Waals surface area contributed by atoms with E-state index in [1.54, 1.807) is 21.8 Å². The molecule has 4 heterocycles. The summed E-state index contributed by atoms with van der Waals surface area (Å²) < 4.78 is 6.87. The van der Waals surface area contributed by atoms with Crippen LogP contribution in [0.4, 0.5) is 16.4 Å². The minimum atomic E-state index is -0.739. The molecule has 10 nitrogen and oxygen atoms in total. The average Bonchev–Trinajstić information content (AvgIpc) is 3.36. The van der Waals surface area contributed by atoms with E-state index in [9.17, 15) is 9.90 Å². The molecule has 1 aliphatic rings. The number of fused-ring (bicyclic) bond motifs is 1. The first-order valence-electron chi connectivity index (χ1n) is 12.6. The highest BCUT2D eigenvalue weighted by atomic mass is 16.6. The zero-order chi connectivity index (χ0) is 26.5. The Labute approximate surface area is 221 Å². The zero-order valence-electron chi connectivity index (χ0n) is 21.5. The summed E-state index contributed by atoms with van der Waals surface area (Å²) >= 11 is 0. The highest BCUT2D eigenvalue weighted by Crippen LogP contribution is 2.27. The zero-order valence-corrected chi connectivity index (χ0v) is 21.5. The van der Waals surface area contributed by atoms with Gasteiger partial charge in [0, 0.05) is 49.5 Å². The van der Waals surface area contributed by atoms with Crippen LogP contribution in [-0.2, 0) is 11.3 Å². The van der Waals surface area contributed by atoms with E-state index in [1.165, 1.54) is 0 Å². The second-order valence-corrected chi connectivity index (χ2v) is 9.14. The van der Waals surface area contributed by atoms with E-state index in [4.69, 9.17) is 9.72 Å². The Kier molecular flexibility index (Phi) is 7.62. The lowest BCUT2D eigenvalue weighted by Gasteiger charge is -2.25. The van der Waals surface area contributed by atoms with Gasteiger partial charge in [0.15, 0.2) is 5.65 Å². The monoisotopic (exact) mass is 513 g/mol. The number of aromatic nitrogens is 4. The minimum absolute atomic E-state index is 0.283. The van der Waals surface area contributed by atoms with Gasteiger partial charge in [-0.05, 0) is 73.5 Å². The molecule has 5 rings (SSSR count). The normalized spacial score (nSPS) is 14.4. The van der Waals surface area contributed by atoms with E-state index in [2.05, 4.69) is 15.4 Å². The van der Waals surface area contributed by atoms with Crippen LogP contribution in [0.2, 0.25) is 0 Å². The van der Waals surface area contributed by atoms with E-state index < -0.39 is 6.23 Å². The molecule has 0 fully saturated rings. The molecule has 1 atom stereocenters. The first-order valence-corrected chi connectivity index (χ1v) is 12.6. The molecule has 1 aliphatic heterocycles. The van der Waals surface area contributed by atoms with E-state index in [0.29, 0.717) is 38.6 Å². The molecule has 38 heavy (non-hydrogen) atoms. The minimum Gasteiger partial charge on any atom is -0.450 e. The van der Waals surface area contributed by atoms with Gasteiger partial charge in [0.1, 0.15) is 6.23 Å². The van der Waals surface area contributed by atoms with Crippen molar-refractivity contribution in [2.45, 2.75) is 26.1 Å². The molecular weight excluding hydrogens is 482 g/mol. The number of carbonyl (C=O) groups is 1. The number of aliphatic hydroxyl groups excluding tert-OH is 1. The molecule has 3 aromatic heterocycles. The third-order valence-corrected chi connectivity index (χ3v) is 6.51. The molecule has 1 aromatic carbocycles. The van der Waals surface area contributed by atoms with Gasteiger partial charge in [-0.1, -0.05) is 18.2 Å². The van der Waals surface area contributed by atoms with Crippen molar-refractivity contribution in [2.24, 2.45) is 0 Å². The number of amides is 1. The number of hydrogen-bond donors (Lipinski definition) is 2. The van der Waals surface area contributed by atoms with E-state index in [-0.39, 0.29) is 6.09 Å². The van der Waals surface area contributed by atoms with E-state index in [0.717, 1.165) is 33.6 Å². The number of ether oxygens (including phenoxy) is 1. The van der Waals surface area contributed by atoms with Crippen molar-refractivity contribution < 1.29 is 14.6 Å². The predicted molar refractivity (Wildman–Crippen MR) is 145 cm³/mol. The summed E-state index contributed by atoms with van der Waals surface area (Å²) in [6.07, 6.45) is 7.10. The highest BCUT2D eigenvalue weighted by Gasteiger charge is 2.21.